The maximum Gasteiger partial charge on any atom is 0.159 e. The fourth-order valence-electron chi connectivity index (χ4n) is 1.10. The summed E-state index contributed by atoms with van der Waals surface area (Å²) >= 11 is 1.61. The van der Waals surface area contributed by atoms with E-state index in [1.807, 2.05) is 31.2 Å². The van der Waals surface area contributed by atoms with Crippen LogP contribution in [-0.4, -0.2) is 22.7 Å². The molecule has 0 aromatic heterocycles. The molecule has 0 aliphatic carbocycles. The molecule has 3 heteroatoms. The molecule has 0 heterocycles. The van der Waals surface area contributed by atoms with Gasteiger partial charge in [0.1, 0.15) is 0 Å². The Morgan fingerprint density at radius 3 is 2.47 bits per heavy atom. The third-order valence-corrected chi connectivity index (χ3v) is 3.33. The zero-order chi connectivity index (χ0) is 11.3. The van der Waals surface area contributed by atoms with Gasteiger partial charge in [0.25, 0.3) is 0 Å². The third kappa shape index (κ3) is 4.06. The highest BCUT2D eigenvalue weighted by molar-refractivity contribution is 7.99. The molecule has 0 fully saturated rings. The Bertz CT molecular complexity index is 319. The molecule has 0 saturated carbocycles. The predicted molar refractivity (Wildman–Crippen MR) is 63.5 cm³/mol. The lowest BCUT2D eigenvalue weighted by Gasteiger charge is -2.07. The summed E-state index contributed by atoms with van der Waals surface area (Å²) in [5.74, 6) is 0.788. The first-order chi connectivity index (χ1) is 7.13. The summed E-state index contributed by atoms with van der Waals surface area (Å²) in [7, 11) is 0. The molecule has 1 N–H and O–H groups in total. The van der Waals surface area contributed by atoms with Gasteiger partial charge < -0.3 is 5.11 Å². The maximum absolute atomic E-state index is 11.0. The number of hydrogen-bond acceptors (Lipinski definition) is 3. The van der Waals surface area contributed by atoms with Gasteiger partial charge >= 0.3 is 0 Å². The molecular weight excluding hydrogens is 208 g/mol. The number of aliphatic hydroxyl groups is 1. The van der Waals surface area contributed by atoms with E-state index in [-0.39, 0.29) is 11.9 Å². The van der Waals surface area contributed by atoms with Crippen LogP contribution in [0, 0.1) is 0 Å². The number of Topliss-reactive ketones (excluding diaryl/α,β-unsaturated/α-hetero) is 1. The van der Waals surface area contributed by atoms with Crippen molar-refractivity contribution in [1.29, 1.82) is 0 Å². The molecule has 1 atom stereocenters. The molecule has 0 aliphatic heterocycles. The maximum atomic E-state index is 11.0. The molecule has 1 aromatic rings. The number of ketones is 1. The van der Waals surface area contributed by atoms with E-state index in [0.717, 1.165) is 16.9 Å². The van der Waals surface area contributed by atoms with Gasteiger partial charge in [0, 0.05) is 16.2 Å². The number of hydrogen-bond donors (Lipinski definition) is 1. The minimum atomic E-state index is -0.248. The number of thioether (sulfide) groups is 1. The van der Waals surface area contributed by atoms with Crippen LogP contribution in [-0.2, 0) is 0 Å². The van der Waals surface area contributed by atoms with Crippen molar-refractivity contribution in [3.8, 4) is 0 Å². The Balaban J connectivity index is 2.53. The molecule has 82 valence electrons. The lowest BCUT2D eigenvalue weighted by Crippen LogP contribution is -2.07. The van der Waals surface area contributed by atoms with Crippen molar-refractivity contribution < 1.29 is 9.90 Å². The van der Waals surface area contributed by atoms with Crippen LogP contribution in [0.25, 0.3) is 0 Å². The predicted octanol–water partition coefficient (Wildman–Crippen LogP) is 2.75. The van der Waals surface area contributed by atoms with Gasteiger partial charge in [-0.3, -0.25) is 4.79 Å². The van der Waals surface area contributed by atoms with E-state index in [4.69, 9.17) is 0 Å². The molecule has 1 aromatic carbocycles. The highest BCUT2D eigenvalue weighted by Gasteiger charge is 2.03. The topological polar surface area (TPSA) is 37.3 Å². The summed E-state index contributed by atoms with van der Waals surface area (Å²) in [5, 5.41) is 9.39. The Hall–Kier alpha value is -0.800. The molecular formula is C12H16O2S. The molecule has 1 unspecified atom stereocenters. The van der Waals surface area contributed by atoms with E-state index in [2.05, 4.69) is 0 Å². The van der Waals surface area contributed by atoms with Crippen LogP contribution in [0.2, 0.25) is 0 Å². The Morgan fingerprint density at radius 2 is 2.00 bits per heavy atom. The number of carbonyl (C=O) groups is 1. The van der Waals surface area contributed by atoms with Crippen molar-refractivity contribution in [3.05, 3.63) is 29.8 Å². The fourth-order valence-corrected chi connectivity index (χ4v) is 2.05. The van der Waals surface area contributed by atoms with E-state index in [0.29, 0.717) is 5.75 Å². The second-order valence-electron chi connectivity index (χ2n) is 3.45. The summed E-state index contributed by atoms with van der Waals surface area (Å²) in [6, 6.07) is 7.49. The molecule has 1 rings (SSSR count). The summed E-state index contributed by atoms with van der Waals surface area (Å²) in [6.07, 6.45) is 0.529. The normalized spacial score (nSPS) is 12.5. The van der Waals surface area contributed by atoms with Crippen molar-refractivity contribution in [1.82, 2.24) is 0 Å². The average Bonchev–Trinajstić information content (AvgIpc) is 2.26. The van der Waals surface area contributed by atoms with E-state index >= 15 is 0 Å². The lowest BCUT2D eigenvalue weighted by atomic mass is 10.2. The highest BCUT2D eigenvalue weighted by Crippen LogP contribution is 2.20. The van der Waals surface area contributed by atoms with Crippen molar-refractivity contribution >= 4 is 17.5 Å². The number of aliphatic hydroxyl groups excluding tert-OH is 1. The molecule has 0 saturated heterocycles. The third-order valence-electron chi connectivity index (χ3n) is 2.17. The van der Waals surface area contributed by atoms with Crippen LogP contribution < -0.4 is 0 Å². The van der Waals surface area contributed by atoms with Gasteiger partial charge in [0.2, 0.25) is 0 Å². The first-order valence-electron chi connectivity index (χ1n) is 5.05. The van der Waals surface area contributed by atoms with Gasteiger partial charge in [-0.1, -0.05) is 19.1 Å². The molecule has 0 radical (unpaired) electrons. The largest absolute Gasteiger partial charge is 0.392 e. The monoisotopic (exact) mass is 224 g/mol. The second kappa shape index (κ2) is 5.93. The van der Waals surface area contributed by atoms with Gasteiger partial charge in [0.15, 0.2) is 5.78 Å². The summed E-state index contributed by atoms with van der Waals surface area (Å²) in [4.78, 5) is 12.1. The highest BCUT2D eigenvalue weighted by atomic mass is 32.2. The average molecular weight is 224 g/mol. The fraction of sp³-hybridized carbons (Fsp3) is 0.417. The molecule has 2 nitrogen and oxygen atoms in total. The summed E-state index contributed by atoms with van der Waals surface area (Å²) < 4.78 is 0. The van der Waals surface area contributed by atoms with Gasteiger partial charge in [-0.2, -0.15) is 0 Å². The minimum absolute atomic E-state index is 0.0835. The number of benzene rings is 1. The first kappa shape index (κ1) is 12.3. The van der Waals surface area contributed by atoms with Crippen LogP contribution >= 0.6 is 11.8 Å². The van der Waals surface area contributed by atoms with Crippen molar-refractivity contribution in [2.75, 3.05) is 5.75 Å². The van der Waals surface area contributed by atoms with Crippen LogP contribution in [0.5, 0.6) is 0 Å². The first-order valence-corrected chi connectivity index (χ1v) is 6.04. The van der Waals surface area contributed by atoms with Crippen molar-refractivity contribution in [2.24, 2.45) is 0 Å². The standard InChI is InChI=1S/C12H16O2S/c1-3-11(14)8-15-12-6-4-10(5-7-12)9(2)13/h4-7,11,14H,3,8H2,1-2H3. The van der Waals surface area contributed by atoms with Crippen LogP contribution in [0.15, 0.2) is 29.2 Å². The molecule has 15 heavy (non-hydrogen) atoms. The van der Waals surface area contributed by atoms with Gasteiger partial charge in [-0.15, -0.1) is 11.8 Å². The molecule has 0 aliphatic rings. The SMILES string of the molecule is CCC(O)CSc1ccc(C(C)=O)cc1. The van der Waals surface area contributed by atoms with Crippen LogP contribution in [0.1, 0.15) is 30.6 Å². The smallest absolute Gasteiger partial charge is 0.159 e. The Labute approximate surface area is 94.7 Å². The molecule has 0 amide bonds. The summed E-state index contributed by atoms with van der Waals surface area (Å²) in [6.45, 7) is 3.52. The number of rotatable bonds is 5. The van der Waals surface area contributed by atoms with Crippen LogP contribution in [0.3, 0.4) is 0 Å². The van der Waals surface area contributed by atoms with Gasteiger partial charge in [-0.05, 0) is 25.5 Å². The molecule has 0 bridgehead atoms. The summed E-state index contributed by atoms with van der Waals surface area (Å²) in [5.41, 5.74) is 0.732. The Kier molecular flexibility index (Phi) is 4.85. The van der Waals surface area contributed by atoms with E-state index in [9.17, 15) is 9.90 Å². The van der Waals surface area contributed by atoms with E-state index in [1.54, 1.807) is 18.7 Å². The Morgan fingerprint density at radius 1 is 1.40 bits per heavy atom. The number of carbonyl (C=O) groups excluding carboxylic acids is 1. The quantitative estimate of drug-likeness (QED) is 0.617. The second-order valence-corrected chi connectivity index (χ2v) is 4.55. The minimum Gasteiger partial charge on any atom is -0.392 e. The van der Waals surface area contributed by atoms with E-state index < -0.39 is 0 Å². The van der Waals surface area contributed by atoms with Crippen molar-refractivity contribution in [2.45, 2.75) is 31.3 Å². The van der Waals surface area contributed by atoms with Crippen LogP contribution in [0.4, 0.5) is 0 Å². The zero-order valence-electron chi connectivity index (χ0n) is 9.06. The van der Waals surface area contributed by atoms with E-state index in [1.165, 1.54) is 0 Å². The zero-order valence-corrected chi connectivity index (χ0v) is 9.88. The van der Waals surface area contributed by atoms with Crippen molar-refractivity contribution in [3.63, 3.8) is 0 Å². The molecule has 0 spiro atoms. The lowest BCUT2D eigenvalue weighted by molar-refractivity contribution is 0.101. The van der Waals surface area contributed by atoms with Gasteiger partial charge in [-0.25, -0.2) is 0 Å². The van der Waals surface area contributed by atoms with Gasteiger partial charge in [0.05, 0.1) is 6.10 Å².